The Hall–Kier alpha value is -1.87. The first-order chi connectivity index (χ1) is 9.60. The summed E-state index contributed by atoms with van der Waals surface area (Å²) in [5, 5.41) is 11.7. The number of benzene rings is 1. The second-order valence-electron chi connectivity index (χ2n) is 4.79. The molecule has 0 aliphatic carbocycles. The van der Waals surface area contributed by atoms with Crippen LogP contribution in [0.5, 0.6) is 0 Å². The lowest BCUT2D eigenvalue weighted by Crippen LogP contribution is -2.36. The molecule has 1 heterocycles. The Bertz CT molecular complexity index is 568. The van der Waals surface area contributed by atoms with Crippen LogP contribution in [-0.4, -0.2) is 39.2 Å². The van der Waals surface area contributed by atoms with Crippen LogP contribution in [0.25, 0.3) is 0 Å². The van der Waals surface area contributed by atoms with Gasteiger partial charge >= 0.3 is 6.03 Å². The van der Waals surface area contributed by atoms with Gasteiger partial charge in [-0.1, -0.05) is 13.0 Å². The standard InChI is InChI=1S/C14H17N3O2S/c1-11-5-6-17(7-8-20(11)19)14(18)16-13-4-2-3-12(9-13)10-15/h2-4,9,11H,5-8H2,1H3,(H,16,18)/t11-,20+/m1/s1. The number of hydrogen-bond donors (Lipinski definition) is 1. The number of nitrogens with zero attached hydrogens (tertiary/aromatic N) is 2. The molecule has 1 aliphatic rings. The van der Waals surface area contributed by atoms with E-state index in [0.717, 1.165) is 6.42 Å². The zero-order valence-electron chi connectivity index (χ0n) is 11.3. The number of amides is 2. The summed E-state index contributed by atoms with van der Waals surface area (Å²) in [7, 11) is -0.856. The summed E-state index contributed by atoms with van der Waals surface area (Å²) in [4.78, 5) is 13.8. The van der Waals surface area contributed by atoms with Gasteiger partial charge in [0.25, 0.3) is 0 Å². The van der Waals surface area contributed by atoms with Crippen molar-refractivity contribution in [3.8, 4) is 6.07 Å². The van der Waals surface area contributed by atoms with Crippen LogP contribution in [0.4, 0.5) is 10.5 Å². The molecular weight excluding hydrogens is 274 g/mol. The lowest BCUT2D eigenvalue weighted by molar-refractivity contribution is 0.215. The summed E-state index contributed by atoms with van der Waals surface area (Å²) in [6.45, 7) is 3.06. The maximum atomic E-state index is 12.2. The second kappa shape index (κ2) is 6.53. The van der Waals surface area contributed by atoms with Crippen LogP contribution in [0, 0.1) is 11.3 Å². The number of nitriles is 1. The smallest absolute Gasteiger partial charge is 0.321 e. The highest BCUT2D eigenvalue weighted by molar-refractivity contribution is 7.85. The zero-order valence-corrected chi connectivity index (χ0v) is 12.2. The summed E-state index contributed by atoms with van der Waals surface area (Å²) in [5.74, 6) is 0.521. The predicted octanol–water partition coefficient (Wildman–Crippen LogP) is 1.93. The Morgan fingerprint density at radius 2 is 2.30 bits per heavy atom. The van der Waals surface area contributed by atoms with Gasteiger partial charge in [0, 0.05) is 40.6 Å². The molecule has 2 rings (SSSR count). The van der Waals surface area contributed by atoms with Gasteiger partial charge in [-0.05, 0) is 24.6 Å². The highest BCUT2D eigenvalue weighted by Gasteiger charge is 2.22. The van der Waals surface area contributed by atoms with E-state index in [1.165, 1.54) is 0 Å². The summed E-state index contributed by atoms with van der Waals surface area (Å²) in [6.07, 6.45) is 0.748. The number of hydrogen-bond acceptors (Lipinski definition) is 3. The van der Waals surface area contributed by atoms with Gasteiger partial charge in [0.1, 0.15) is 0 Å². The largest absolute Gasteiger partial charge is 0.324 e. The fourth-order valence-corrected chi connectivity index (χ4v) is 3.23. The third kappa shape index (κ3) is 3.58. The van der Waals surface area contributed by atoms with Gasteiger partial charge < -0.3 is 10.2 Å². The predicted molar refractivity (Wildman–Crippen MR) is 78.8 cm³/mol. The highest BCUT2D eigenvalue weighted by Crippen LogP contribution is 2.13. The van der Waals surface area contributed by atoms with E-state index in [4.69, 9.17) is 5.26 Å². The number of anilines is 1. The van der Waals surface area contributed by atoms with E-state index >= 15 is 0 Å². The molecule has 1 saturated heterocycles. The molecule has 0 bridgehead atoms. The monoisotopic (exact) mass is 291 g/mol. The highest BCUT2D eigenvalue weighted by atomic mass is 32.2. The van der Waals surface area contributed by atoms with Crippen molar-refractivity contribution in [3.63, 3.8) is 0 Å². The second-order valence-corrected chi connectivity index (χ2v) is 6.77. The molecule has 6 heteroatoms. The molecule has 1 aliphatic heterocycles. The van der Waals surface area contributed by atoms with E-state index in [1.807, 2.05) is 13.0 Å². The van der Waals surface area contributed by atoms with Gasteiger partial charge in [0.05, 0.1) is 11.6 Å². The minimum Gasteiger partial charge on any atom is -0.324 e. The normalized spacial score (nSPS) is 22.7. The Labute approximate surface area is 121 Å². The van der Waals surface area contributed by atoms with Crippen LogP contribution < -0.4 is 5.32 Å². The van der Waals surface area contributed by atoms with Crippen LogP contribution in [0.2, 0.25) is 0 Å². The van der Waals surface area contributed by atoms with Crippen molar-refractivity contribution >= 4 is 22.5 Å². The fourth-order valence-electron chi connectivity index (χ4n) is 2.05. The van der Waals surface area contributed by atoms with Crippen molar-refractivity contribution in [1.29, 1.82) is 5.26 Å². The molecule has 0 unspecified atom stereocenters. The van der Waals surface area contributed by atoms with Gasteiger partial charge in [0.2, 0.25) is 0 Å². The van der Waals surface area contributed by atoms with Crippen molar-refractivity contribution < 1.29 is 9.00 Å². The molecule has 2 amide bonds. The van der Waals surface area contributed by atoms with E-state index in [0.29, 0.717) is 30.1 Å². The van der Waals surface area contributed by atoms with Gasteiger partial charge in [-0.2, -0.15) is 5.26 Å². The van der Waals surface area contributed by atoms with Crippen LogP contribution in [0.3, 0.4) is 0 Å². The average Bonchev–Trinajstić information content (AvgIpc) is 2.62. The Kier molecular flexibility index (Phi) is 4.74. The number of urea groups is 1. The lowest BCUT2D eigenvalue weighted by atomic mass is 10.2. The maximum absolute atomic E-state index is 12.2. The quantitative estimate of drug-likeness (QED) is 0.859. The first-order valence-corrected chi connectivity index (χ1v) is 7.91. The molecule has 1 aromatic carbocycles. The molecule has 0 aromatic heterocycles. The number of carbonyl (C=O) groups is 1. The maximum Gasteiger partial charge on any atom is 0.321 e. The molecule has 106 valence electrons. The van der Waals surface area contributed by atoms with Gasteiger partial charge in [-0.15, -0.1) is 0 Å². The van der Waals surface area contributed by atoms with Crippen LogP contribution >= 0.6 is 0 Å². The molecule has 2 atom stereocenters. The Morgan fingerprint density at radius 3 is 3.05 bits per heavy atom. The number of carbonyl (C=O) groups excluding carboxylic acids is 1. The summed E-state index contributed by atoms with van der Waals surface area (Å²) >= 11 is 0. The SMILES string of the molecule is C[C@@H]1CCN(C(=O)Nc2cccc(C#N)c2)CC[S@@]1=O. The first-order valence-electron chi connectivity index (χ1n) is 6.53. The fraction of sp³-hybridized carbons (Fsp3) is 0.429. The van der Waals surface area contributed by atoms with Crippen LogP contribution in [0.1, 0.15) is 18.9 Å². The molecule has 1 N–H and O–H groups in total. The summed E-state index contributed by atoms with van der Waals surface area (Å²) in [6, 6.07) is 8.63. The third-order valence-electron chi connectivity index (χ3n) is 3.35. The lowest BCUT2D eigenvalue weighted by Gasteiger charge is -2.20. The van der Waals surface area contributed by atoms with Crippen molar-refractivity contribution in [1.82, 2.24) is 4.90 Å². The van der Waals surface area contributed by atoms with E-state index in [-0.39, 0.29) is 11.3 Å². The minimum atomic E-state index is -0.856. The van der Waals surface area contributed by atoms with Crippen molar-refractivity contribution in [2.45, 2.75) is 18.6 Å². The van der Waals surface area contributed by atoms with E-state index in [9.17, 15) is 9.00 Å². The average molecular weight is 291 g/mol. The Morgan fingerprint density at radius 1 is 1.50 bits per heavy atom. The van der Waals surface area contributed by atoms with Gasteiger partial charge in [-0.25, -0.2) is 4.79 Å². The van der Waals surface area contributed by atoms with Gasteiger partial charge in [-0.3, -0.25) is 4.21 Å². The molecule has 1 fully saturated rings. The summed E-state index contributed by atoms with van der Waals surface area (Å²) in [5.41, 5.74) is 1.11. The van der Waals surface area contributed by atoms with Crippen molar-refractivity contribution in [2.24, 2.45) is 0 Å². The van der Waals surface area contributed by atoms with Crippen molar-refractivity contribution in [3.05, 3.63) is 29.8 Å². The first kappa shape index (κ1) is 14.5. The van der Waals surface area contributed by atoms with Crippen molar-refractivity contribution in [2.75, 3.05) is 24.2 Å². The third-order valence-corrected chi connectivity index (χ3v) is 5.07. The molecular formula is C14H17N3O2S. The Balaban J connectivity index is 2.01. The molecule has 20 heavy (non-hydrogen) atoms. The molecule has 5 nitrogen and oxygen atoms in total. The summed E-state index contributed by atoms with van der Waals surface area (Å²) < 4.78 is 11.7. The molecule has 0 spiro atoms. The molecule has 1 aromatic rings. The number of nitrogens with one attached hydrogen (secondary N) is 1. The van der Waals surface area contributed by atoms with E-state index in [1.54, 1.807) is 29.2 Å². The topological polar surface area (TPSA) is 73.2 Å². The van der Waals surface area contributed by atoms with Gasteiger partial charge in [0.15, 0.2) is 0 Å². The van der Waals surface area contributed by atoms with E-state index < -0.39 is 10.8 Å². The number of rotatable bonds is 1. The molecule has 0 radical (unpaired) electrons. The van der Waals surface area contributed by atoms with E-state index in [2.05, 4.69) is 5.32 Å². The minimum absolute atomic E-state index is 0.134. The van der Waals surface area contributed by atoms with Crippen LogP contribution in [-0.2, 0) is 10.8 Å². The molecule has 0 saturated carbocycles. The zero-order chi connectivity index (χ0) is 14.5. The van der Waals surface area contributed by atoms with Crippen LogP contribution in [0.15, 0.2) is 24.3 Å².